The minimum atomic E-state index is -4.28. The van der Waals surface area contributed by atoms with Crippen LogP contribution in [-0.4, -0.2) is 44.3 Å². The summed E-state index contributed by atoms with van der Waals surface area (Å²) in [5.41, 5.74) is 1.89. The molecule has 0 aliphatic heterocycles. The third kappa shape index (κ3) is 8.52. The predicted octanol–water partition coefficient (Wildman–Crippen LogP) is 5.95. The van der Waals surface area contributed by atoms with E-state index in [2.05, 4.69) is 21.2 Å². The summed E-state index contributed by atoms with van der Waals surface area (Å²) in [4.78, 5) is 29.2. The second-order valence-corrected chi connectivity index (χ2v) is 12.7. The Labute approximate surface area is 260 Å². The van der Waals surface area contributed by atoms with E-state index in [1.807, 2.05) is 61.5 Å². The number of para-hydroxylation sites is 1. The van der Waals surface area contributed by atoms with E-state index in [9.17, 15) is 22.4 Å². The Morgan fingerprint density at radius 3 is 2.05 bits per heavy atom. The SMILES string of the molecule is CCCNC(=O)[C@H](Cc1ccccc1)N(Cc1ccc(Br)cc1)C(=O)CN(c1ccccc1)S(=O)(=O)c1ccc(F)cc1. The van der Waals surface area contributed by atoms with Gasteiger partial charge in [0.15, 0.2) is 0 Å². The van der Waals surface area contributed by atoms with Gasteiger partial charge in [-0.05, 0) is 66.1 Å². The van der Waals surface area contributed by atoms with Crippen molar-refractivity contribution in [3.8, 4) is 0 Å². The first-order chi connectivity index (χ1) is 20.7. The highest BCUT2D eigenvalue weighted by atomic mass is 79.9. The van der Waals surface area contributed by atoms with E-state index in [0.29, 0.717) is 13.0 Å². The molecule has 4 aromatic rings. The van der Waals surface area contributed by atoms with Crippen molar-refractivity contribution in [2.45, 2.75) is 37.2 Å². The summed E-state index contributed by atoms with van der Waals surface area (Å²) >= 11 is 3.43. The van der Waals surface area contributed by atoms with Crippen LogP contribution in [-0.2, 0) is 32.6 Å². The van der Waals surface area contributed by atoms with Crippen molar-refractivity contribution >= 4 is 43.5 Å². The molecule has 4 aromatic carbocycles. The molecular weight excluding hydrogens is 633 g/mol. The lowest BCUT2D eigenvalue weighted by Gasteiger charge is -2.34. The maximum Gasteiger partial charge on any atom is 0.264 e. The molecule has 43 heavy (non-hydrogen) atoms. The molecule has 0 aromatic heterocycles. The number of sulfonamides is 1. The zero-order chi connectivity index (χ0) is 30.8. The lowest BCUT2D eigenvalue weighted by atomic mass is 10.0. The van der Waals surface area contributed by atoms with Crippen LogP contribution >= 0.6 is 15.9 Å². The number of hydrogen-bond acceptors (Lipinski definition) is 4. The van der Waals surface area contributed by atoms with Gasteiger partial charge >= 0.3 is 0 Å². The van der Waals surface area contributed by atoms with Crippen molar-refractivity contribution in [2.24, 2.45) is 0 Å². The van der Waals surface area contributed by atoms with Crippen LogP contribution in [0.25, 0.3) is 0 Å². The summed E-state index contributed by atoms with van der Waals surface area (Å²) < 4.78 is 43.3. The van der Waals surface area contributed by atoms with E-state index in [0.717, 1.165) is 32.0 Å². The fourth-order valence-electron chi connectivity index (χ4n) is 4.56. The lowest BCUT2D eigenvalue weighted by molar-refractivity contribution is -0.140. The van der Waals surface area contributed by atoms with Crippen LogP contribution in [0, 0.1) is 5.82 Å². The summed E-state index contributed by atoms with van der Waals surface area (Å²) in [6, 6.07) is 28.5. The molecule has 7 nitrogen and oxygen atoms in total. The zero-order valence-corrected chi connectivity index (χ0v) is 26.1. The van der Waals surface area contributed by atoms with Crippen molar-refractivity contribution in [2.75, 3.05) is 17.4 Å². The van der Waals surface area contributed by atoms with E-state index in [4.69, 9.17) is 0 Å². The van der Waals surface area contributed by atoms with Crippen LogP contribution in [0.4, 0.5) is 10.1 Å². The Morgan fingerprint density at radius 1 is 0.837 bits per heavy atom. The summed E-state index contributed by atoms with van der Waals surface area (Å²) in [5.74, 6) is -1.47. The number of hydrogen-bond donors (Lipinski definition) is 1. The molecule has 1 atom stereocenters. The number of halogens is 2. The standard InChI is InChI=1S/C33H33BrFN3O4S/c1-2-21-36-33(40)31(22-25-9-5-3-6-10-25)37(23-26-13-15-27(34)16-14-26)32(39)24-38(29-11-7-4-8-12-29)43(41,42)30-19-17-28(35)18-20-30/h3-20,31H,2,21-24H2,1H3,(H,36,40)/t31-/m0/s1. The van der Waals surface area contributed by atoms with Gasteiger partial charge in [0.2, 0.25) is 11.8 Å². The molecule has 0 aliphatic rings. The molecule has 0 fully saturated rings. The summed E-state index contributed by atoms with van der Waals surface area (Å²) in [6.45, 7) is 1.86. The highest BCUT2D eigenvalue weighted by Crippen LogP contribution is 2.25. The first kappa shape index (κ1) is 31.9. The second kappa shape index (κ2) is 14.9. The minimum absolute atomic E-state index is 0.0718. The Bertz CT molecular complexity index is 1600. The topological polar surface area (TPSA) is 86.8 Å². The number of nitrogens with zero attached hydrogens (tertiary/aromatic N) is 2. The zero-order valence-electron chi connectivity index (χ0n) is 23.7. The van der Waals surface area contributed by atoms with Crippen LogP contribution in [0.3, 0.4) is 0 Å². The van der Waals surface area contributed by atoms with Gasteiger partial charge in [-0.2, -0.15) is 0 Å². The molecule has 0 unspecified atom stereocenters. The number of rotatable bonds is 13. The van der Waals surface area contributed by atoms with E-state index < -0.39 is 34.3 Å². The molecule has 0 radical (unpaired) electrons. The maximum absolute atomic E-state index is 14.3. The number of amides is 2. The first-order valence-corrected chi connectivity index (χ1v) is 16.1. The van der Waals surface area contributed by atoms with Gasteiger partial charge in [-0.25, -0.2) is 12.8 Å². The van der Waals surface area contributed by atoms with Gasteiger partial charge in [0, 0.05) is 24.0 Å². The van der Waals surface area contributed by atoms with E-state index in [-0.39, 0.29) is 29.5 Å². The van der Waals surface area contributed by atoms with Gasteiger partial charge < -0.3 is 10.2 Å². The molecule has 0 heterocycles. The average Bonchev–Trinajstić information content (AvgIpc) is 3.02. The maximum atomic E-state index is 14.3. The normalized spacial score (nSPS) is 11.9. The Morgan fingerprint density at radius 2 is 1.44 bits per heavy atom. The Hall–Kier alpha value is -4.02. The van der Waals surface area contributed by atoms with Gasteiger partial charge in [0.25, 0.3) is 10.0 Å². The van der Waals surface area contributed by atoms with Crippen molar-refractivity contribution in [1.82, 2.24) is 10.2 Å². The molecule has 2 amide bonds. The van der Waals surface area contributed by atoms with Crippen LogP contribution in [0.1, 0.15) is 24.5 Å². The fraction of sp³-hybridized carbons (Fsp3) is 0.212. The number of anilines is 1. The Kier molecular flexibility index (Phi) is 11.1. The third-order valence-electron chi connectivity index (χ3n) is 6.81. The average molecular weight is 667 g/mol. The third-order valence-corrected chi connectivity index (χ3v) is 9.13. The van der Waals surface area contributed by atoms with E-state index in [1.165, 1.54) is 17.0 Å². The fourth-order valence-corrected chi connectivity index (χ4v) is 6.24. The van der Waals surface area contributed by atoms with Crippen LogP contribution < -0.4 is 9.62 Å². The molecule has 0 saturated heterocycles. The van der Waals surface area contributed by atoms with Gasteiger partial charge in [-0.1, -0.05) is 83.5 Å². The second-order valence-electron chi connectivity index (χ2n) is 9.95. The van der Waals surface area contributed by atoms with Crippen molar-refractivity contribution in [1.29, 1.82) is 0 Å². The summed E-state index contributed by atoms with van der Waals surface area (Å²) in [6.07, 6.45) is 0.941. The Balaban J connectivity index is 1.77. The number of carbonyl (C=O) groups excluding carboxylic acids is 2. The molecule has 0 aliphatic carbocycles. The summed E-state index contributed by atoms with van der Waals surface area (Å²) in [7, 11) is -4.28. The van der Waals surface area contributed by atoms with Gasteiger partial charge in [0.1, 0.15) is 18.4 Å². The smallest absolute Gasteiger partial charge is 0.264 e. The highest BCUT2D eigenvalue weighted by molar-refractivity contribution is 9.10. The predicted molar refractivity (Wildman–Crippen MR) is 169 cm³/mol. The molecule has 0 spiro atoms. The van der Waals surface area contributed by atoms with Gasteiger partial charge in [0.05, 0.1) is 10.6 Å². The highest BCUT2D eigenvalue weighted by Gasteiger charge is 2.34. The largest absolute Gasteiger partial charge is 0.354 e. The van der Waals surface area contributed by atoms with Crippen molar-refractivity contribution in [3.05, 3.63) is 131 Å². The molecule has 0 bridgehead atoms. The van der Waals surface area contributed by atoms with Crippen LogP contribution in [0.15, 0.2) is 119 Å². The molecule has 0 saturated carbocycles. The first-order valence-electron chi connectivity index (χ1n) is 13.9. The number of benzene rings is 4. The van der Waals surface area contributed by atoms with E-state index in [1.54, 1.807) is 30.3 Å². The molecular formula is C33H33BrFN3O4S. The van der Waals surface area contributed by atoms with Crippen LogP contribution in [0.5, 0.6) is 0 Å². The van der Waals surface area contributed by atoms with Crippen molar-refractivity contribution in [3.63, 3.8) is 0 Å². The lowest BCUT2D eigenvalue weighted by Crippen LogP contribution is -2.53. The molecule has 224 valence electrons. The van der Waals surface area contributed by atoms with Crippen molar-refractivity contribution < 1.29 is 22.4 Å². The minimum Gasteiger partial charge on any atom is -0.354 e. The summed E-state index contributed by atoms with van der Waals surface area (Å²) in [5, 5.41) is 2.92. The van der Waals surface area contributed by atoms with Crippen LogP contribution in [0.2, 0.25) is 0 Å². The van der Waals surface area contributed by atoms with Gasteiger partial charge in [-0.3, -0.25) is 13.9 Å². The quantitative estimate of drug-likeness (QED) is 0.191. The van der Waals surface area contributed by atoms with Gasteiger partial charge in [-0.15, -0.1) is 0 Å². The molecule has 4 rings (SSSR count). The number of nitrogens with one attached hydrogen (secondary N) is 1. The molecule has 1 N–H and O–H groups in total. The monoisotopic (exact) mass is 665 g/mol. The van der Waals surface area contributed by atoms with E-state index >= 15 is 0 Å². The number of carbonyl (C=O) groups is 2. The molecule has 10 heteroatoms.